The minimum atomic E-state index is -0.638. The van der Waals surface area contributed by atoms with Crippen LogP contribution in [0.4, 0.5) is 5.82 Å². The van der Waals surface area contributed by atoms with Gasteiger partial charge in [-0.1, -0.05) is 6.42 Å². The number of aromatic nitrogens is 1. The Morgan fingerprint density at radius 2 is 1.59 bits per heavy atom. The van der Waals surface area contributed by atoms with Gasteiger partial charge in [-0.3, -0.25) is 14.5 Å². The van der Waals surface area contributed by atoms with Gasteiger partial charge in [0.15, 0.2) is 0 Å². The Balaban J connectivity index is 1.39. The van der Waals surface area contributed by atoms with Crippen molar-refractivity contribution in [3.63, 3.8) is 0 Å². The van der Waals surface area contributed by atoms with Crippen LogP contribution in [0.2, 0.25) is 0 Å². The number of likely N-dealkylation sites (tertiary alicyclic amines) is 2. The van der Waals surface area contributed by atoms with Gasteiger partial charge in [-0.15, -0.1) is 0 Å². The lowest BCUT2D eigenvalue weighted by Gasteiger charge is -2.48. The van der Waals surface area contributed by atoms with E-state index in [1.165, 1.54) is 6.42 Å². The molecule has 0 unspecified atom stereocenters. The van der Waals surface area contributed by atoms with Crippen LogP contribution >= 0.6 is 11.8 Å². The van der Waals surface area contributed by atoms with Crippen LogP contribution in [0.25, 0.3) is 11.3 Å². The maximum Gasteiger partial charge on any atom is 0.257 e. The Labute approximate surface area is 223 Å². The summed E-state index contributed by atoms with van der Waals surface area (Å²) in [5.41, 5.74) is 7.78. The smallest absolute Gasteiger partial charge is 0.257 e. The second-order valence-electron chi connectivity index (χ2n) is 10.1. The van der Waals surface area contributed by atoms with Gasteiger partial charge in [-0.25, -0.2) is 4.98 Å². The van der Waals surface area contributed by atoms with Crippen LogP contribution in [0.3, 0.4) is 0 Å². The van der Waals surface area contributed by atoms with E-state index in [9.17, 15) is 9.59 Å². The number of ether oxygens (including phenoxy) is 1. The molecule has 1 aromatic heterocycles. The van der Waals surface area contributed by atoms with Gasteiger partial charge in [-0.05, 0) is 75.2 Å². The fourth-order valence-electron chi connectivity index (χ4n) is 5.84. The average molecular weight is 524 g/mol. The van der Waals surface area contributed by atoms with Gasteiger partial charge < -0.3 is 20.3 Å². The number of hydrogen-bond donors (Lipinski definition) is 1. The van der Waals surface area contributed by atoms with Crippen molar-refractivity contribution < 1.29 is 14.3 Å². The quantitative estimate of drug-likeness (QED) is 0.621. The lowest BCUT2D eigenvalue weighted by Crippen LogP contribution is -2.63. The molecule has 8 nitrogen and oxygen atoms in total. The number of anilines is 1. The summed E-state index contributed by atoms with van der Waals surface area (Å²) in [7, 11) is 1.65. The van der Waals surface area contributed by atoms with E-state index >= 15 is 0 Å². The fraction of sp³-hybridized carbons (Fsp3) is 0.536. The van der Waals surface area contributed by atoms with Crippen molar-refractivity contribution in [2.75, 3.05) is 62.8 Å². The molecule has 0 atom stereocenters. The highest BCUT2D eigenvalue weighted by atomic mass is 32.2. The molecule has 0 bridgehead atoms. The van der Waals surface area contributed by atoms with E-state index in [2.05, 4.69) is 9.80 Å². The van der Waals surface area contributed by atoms with E-state index in [4.69, 9.17) is 15.5 Å². The molecule has 2 amide bonds. The number of amides is 2. The maximum absolute atomic E-state index is 13.9. The molecule has 2 N–H and O–H groups in total. The molecule has 0 spiro atoms. The van der Waals surface area contributed by atoms with Crippen LogP contribution in [0.15, 0.2) is 36.4 Å². The molecule has 9 heteroatoms. The lowest BCUT2D eigenvalue weighted by molar-refractivity contribution is -0.134. The number of piperidine rings is 2. The van der Waals surface area contributed by atoms with Crippen LogP contribution in [0, 0.1) is 0 Å². The van der Waals surface area contributed by atoms with Crippen LogP contribution in [-0.4, -0.2) is 90.0 Å². The highest BCUT2D eigenvalue weighted by Crippen LogP contribution is 2.34. The summed E-state index contributed by atoms with van der Waals surface area (Å²) in [5.74, 6) is 3.31. The molecule has 3 aliphatic rings. The first-order chi connectivity index (χ1) is 18.0. The Hall–Kier alpha value is -2.78. The summed E-state index contributed by atoms with van der Waals surface area (Å²) in [6.07, 6.45) is 4.57. The van der Waals surface area contributed by atoms with Gasteiger partial charge in [0.05, 0.1) is 18.4 Å². The van der Waals surface area contributed by atoms with E-state index in [1.54, 1.807) is 7.11 Å². The van der Waals surface area contributed by atoms with E-state index in [0.29, 0.717) is 31.5 Å². The SMILES string of the molecule is COc1ccc(-c2ccc(C(=O)N3CCC(C(N)=O)(N4CCCCC4)CC3)c(N3CCSCC3)n2)cc1. The van der Waals surface area contributed by atoms with E-state index in [1.807, 2.05) is 53.1 Å². The number of rotatable bonds is 6. The monoisotopic (exact) mass is 523 g/mol. The second kappa shape index (κ2) is 11.3. The van der Waals surface area contributed by atoms with Crippen molar-refractivity contribution >= 4 is 29.4 Å². The Morgan fingerprint density at radius 3 is 2.22 bits per heavy atom. The first-order valence-corrected chi connectivity index (χ1v) is 14.5. The maximum atomic E-state index is 13.9. The minimum absolute atomic E-state index is 0.0151. The lowest BCUT2D eigenvalue weighted by atomic mass is 9.83. The highest BCUT2D eigenvalue weighted by molar-refractivity contribution is 7.99. The number of methoxy groups -OCH3 is 1. The zero-order chi connectivity index (χ0) is 25.8. The Bertz CT molecular complexity index is 1110. The molecular formula is C28H37N5O3S. The van der Waals surface area contributed by atoms with Gasteiger partial charge in [0, 0.05) is 43.2 Å². The van der Waals surface area contributed by atoms with Crippen molar-refractivity contribution in [2.24, 2.45) is 5.73 Å². The molecule has 5 rings (SSSR count). The first kappa shape index (κ1) is 25.9. The third kappa shape index (κ3) is 5.29. The molecule has 37 heavy (non-hydrogen) atoms. The number of thioether (sulfide) groups is 1. The number of nitrogens with two attached hydrogens (primary N) is 1. The van der Waals surface area contributed by atoms with Crippen molar-refractivity contribution in [3.8, 4) is 17.0 Å². The van der Waals surface area contributed by atoms with E-state index in [-0.39, 0.29) is 11.8 Å². The van der Waals surface area contributed by atoms with Gasteiger partial charge in [0.25, 0.3) is 5.91 Å². The molecule has 0 saturated carbocycles. The Morgan fingerprint density at radius 1 is 0.919 bits per heavy atom. The number of hydrogen-bond acceptors (Lipinski definition) is 7. The minimum Gasteiger partial charge on any atom is -0.497 e. The molecule has 1 aromatic carbocycles. The third-order valence-electron chi connectivity index (χ3n) is 8.10. The number of pyridine rings is 1. The summed E-state index contributed by atoms with van der Waals surface area (Å²) < 4.78 is 5.30. The van der Waals surface area contributed by atoms with Crippen LogP contribution in [-0.2, 0) is 4.79 Å². The number of carbonyl (C=O) groups is 2. The molecule has 3 saturated heterocycles. The zero-order valence-corrected chi connectivity index (χ0v) is 22.5. The predicted octanol–water partition coefficient (Wildman–Crippen LogP) is 3.26. The third-order valence-corrected chi connectivity index (χ3v) is 9.04. The number of primary amides is 1. The molecular weight excluding hydrogens is 486 g/mol. The summed E-state index contributed by atoms with van der Waals surface area (Å²) in [6, 6.07) is 11.7. The molecule has 3 fully saturated rings. The van der Waals surface area contributed by atoms with Crippen molar-refractivity contribution in [3.05, 3.63) is 42.0 Å². The van der Waals surface area contributed by atoms with Crippen LogP contribution in [0.5, 0.6) is 5.75 Å². The van der Waals surface area contributed by atoms with Crippen molar-refractivity contribution in [2.45, 2.75) is 37.6 Å². The summed E-state index contributed by atoms with van der Waals surface area (Å²) >= 11 is 1.93. The molecule has 198 valence electrons. The number of benzene rings is 1. The van der Waals surface area contributed by atoms with E-state index in [0.717, 1.165) is 73.4 Å². The van der Waals surface area contributed by atoms with E-state index < -0.39 is 5.54 Å². The summed E-state index contributed by atoms with van der Waals surface area (Å²) in [4.78, 5) is 37.9. The van der Waals surface area contributed by atoms with Gasteiger partial charge in [0.1, 0.15) is 17.1 Å². The summed E-state index contributed by atoms with van der Waals surface area (Å²) in [6.45, 7) is 4.59. The average Bonchev–Trinajstić information content (AvgIpc) is 2.97. The number of carbonyl (C=O) groups excluding carboxylic acids is 2. The Kier molecular flexibility index (Phi) is 7.90. The standard InChI is InChI=1S/C28H37N5O3S/c1-36-22-7-5-21(6-8-22)24-10-9-23(25(30-24)31-17-19-37-20-18-31)26(34)32-15-11-28(12-16-32,27(29)35)33-13-3-2-4-14-33/h5-10H,2-4,11-20H2,1H3,(H2,29,35). The van der Waals surface area contributed by atoms with Crippen LogP contribution < -0.4 is 15.4 Å². The van der Waals surface area contributed by atoms with Gasteiger partial charge in [-0.2, -0.15) is 11.8 Å². The number of nitrogens with zero attached hydrogens (tertiary/aromatic N) is 4. The normalized spacial score (nSPS) is 20.5. The predicted molar refractivity (Wildman–Crippen MR) is 148 cm³/mol. The topological polar surface area (TPSA) is 92.0 Å². The summed E-state index contributed by atoms with van der Waals surface area (Å²) in [5, 5.41) is 0. The molecule has 2 aromatic rings. The zero-order valence-electron chi connectivity index (χ0n) is 21.7. The first-order valence-electron chi connectivity index (χ1n) is 13.3. The highest BCUT2D eigenvalue weighted by Gasteiger charge is 2.46. The molecule has 0 aliphatic carbocycles. The molecule has 3 aliphatic heterocycles. The fourth-order valence-corrected chi connectivity index (χ4v) is 6.75. The molecule has 4 heterocycles. The van der Waals surface area contributed by atoms with Gasteiger partial charge >= 0.3 is 0 Å². The van der Waals surface area contributed by atoms with Crippen LogP contribution in [0.1, 0.15) is 42.5 Å². The van der Waals surface area contributed by atoms with Crippen molar-refractivity contribution in [1.29, 1.82) is 0 Å². The second-order valence-corrected chi connectivity index (χ2v) is 11.4. The van der Waals surface area contributed by atoms with Crippen molar-refractivity contribution in [1.82, 2.24) is 14.8 Å². The molecule has 0 radical (unpaired) electrons. The largest absolute Gasteiger partial charge is 0.497 e. The van der Waals surface area contributed by atoms with Gasteiger partial charge in [0.2, 0.25) is 5.91 Å².